The molecule has 2 unspecified atom stereocenters. The Hall–Kier alpha value is -1.26. The van der Waals surface area contributed by atoms with Crippen molar-refractivity contribution in [2.24, 2.45) is 11.8 Å². The number of fused-ring (bicyclic) bond motifs is 1. The predicted molar refractivity (Wildman–Crippen MR) is 76.2 cm³/mol. The van der Waals surface area contributed by atoms with Crippen LogP contribution in [0, 0.1) is 11.8 Å². The smallest absolute Gasteiger partial charge is 0.317 e. The van der Waals surface area contributed by atoms with Gasteiger partial charge in [-0.05, 0) is 12.3 Å². The molecule has 0 aromatic heterocycles. The maximum Gasteiger partial charge on any atom is 0.317 e. The Kier molecular flexibility index (Phi) is 3.85. The Morgan fingerprint density at radius 1 is 1.35 bits per heavy atom. The Morgan fingerprint density at radius 3 is 2.85 bits per heavy atom. The van der Waals surface area contributed by atoms with Gasteiger partial charge in [-0.1, -0.05) is 32.6 Å². The van der Waals surface area contributed by atoms with Gasteiger partial charge in [-0.25, -0.2) is 4.79 Å². The van der Waals surface area contributed by atoms with Crippen molar-refractivity contribution < 1.29 is 9.59 Å². The molecular formula is C15H25N3O2. The molecule has 3 aliphatic rings. The summed E-state index contributed by atoms with van der Waals surface area (Å²) in [7, 11) is 0. The molecule has 20 heavy (non-hydrogen) atoms. The maximum absolute atomic E-state index is 12.6. The van der Waals surface area contributed by atoms with E-state index in [0.717, 1.165) is 12.3 Å². The van der Waals surface area contributed by atoms with Gasteiger partial charge < -0.3 is 15.1 Å². The van der Waals surface area contributed by atoms with Crippen LogP contribution in [0.15, 0.2) is 0 Å². The van der Waals surface area contributed by atoms with Crippen molar-refractivity contribution in [3.63, 3.8) is 0 Å². The molecule has 3 rings (SSSR count). The summed E-state index contributed by atoms with van der Waals surface area (Å²) in [5.74, 6) is 1.18. The van der Waals surface area contributed by atoms with Gasteiger partial charge in [0.05, 0.1) is 6.04 Å². The van der Waals surface area contributed by atoms with E-state index < -0.39 is 0 Å². The zero-order valence-electron chi connectivity index (χ0n) is 12.3. The van der Waals surface area contributed by atoms with Gasteiger partial charge in [0.1, 0.15) is 0 Å². The van der Waals surface area contributed by atoms with Gasteiger partial charge in [-0.15, -0.1) is 0 Å². The summed E-state index contributed by atoms with van der Waals surface area (Å²) in [5, 5.41) is 2.86. The number of piperazine rings is 1. The van der Waals surface area contributed by atoms with E-state index in [1.54, 1.807) is 0 Å². The third-order valence-electron chi connectivity index (χ3n) is 5.13. The van der Waals surface area contributed by atoms with Crippen molar-refractivity contribution in [3.8, 4) is 0 Å². The van der Waals surface area contributed by atoms with Crippen molar-refractivity contribution in [3.05, 3.63) is 0 Å². The molecule has 0 aromatic carbocycles. The van der Waals surface area contributed by atoms with E-state index in [2.05, 4.69) is 12.2 Å². The van der Waals surface area contributed by atoms with E-state index in [0.29, 0.717) is 26.2 Å². The second-order valence-electron chi connectivity index (χ2n) is 6.60. The Bertz CT molecular complexity index is 393. The lowest BCUT2D eigenvalue weighted by molar-refractivity contribution is -0.137. The van der Waals surface area contributed by atoms with Crippen LogP contribution >= 0.6 is 0 Å². The van der Waals surface area contributed by atoms with E-state index >= 15 is 0 Å². The quantitative estimate of drug-likeness (QED) is 0.850. The number of carbonyl (C=O) groups is 2. The van der Waals surface area contributed by atoms with Crippen molar-refractivity contribution in [1.82, 2.24) is 15.1 Å². The van der Waals surface area contributed by atoms with Crippen LogP contribution in [0.5, 0.6) is 0 Å². The molecule has 3 amide bonds. The van der Waals surface area contributed by atoms with Crippen LogP contribution in [0.1, 0.15) is 39.0 Å². The molecule has 1 N–H and O–H groups in total. The zero-order chi connectivity index (χ0) is 14.1. The van der Waals surface area contributed by atoms with E-state index in [-0.39, 0.29) is 23.9 Å². The standard InChI is InChI=1S/C15H25N3O2/c1-11(8-12-4-2-3-5-12)14(19)17-6-7-18-13(10-17)9-16-15(18)20/h11-13H,2-10H2,1H3,(H,16,20). The molecule has 5 heteroatoms. The molecule has 112 valence electrons. The summed E-state index contributed by atoms with van der Waals surface area (Å²) in [6, 6.07) is 0.208. The second kappa shape index (κ2) is 5.62. The highest BCUT2D eigenvalue weighted by atomic mass is 16.2. The molecule has 1 aliphatic carbocycles. The SMILES string of the molecule is CC(CC1CCCC1)C(=O)N1CCN2C(=O)NCC2C1. The van der Waals surface area contributed by atoms with E-state index in [9.17, 15) is 9.59 Å². The fraction of sp³-hybridized carbons (Fsp3) is 0.867. The van der Waals surface area contributed by atoms with Crippen LogP contribution in [0.25, 0.3) is 0 Å². The number of amides is 3. The minimum Gasteiger partial charge on any atom is -0.339 e. The minimum atomic E-state index is 0.0288. The van der Waals surface area contributed by atoms with Crippen LogP contribution in [0.4, 0.5) is 4.79 Å². The van der Waals surface area contributed by atoms with E-state index in [1.807, 2.05) is 9.80 Å². The number of hydrogen-bond acceptors (Lipinski definition) is 2. The lowest BCUT2D eigenvalue weighted by atomic mass is 9.93. The zero-order valence-corrected chi connectivity index (χ0v) is 12.3. The van der Waals surface area contributed by atoms with Gasteiger partial charge in [0.2, 0.25) is 5.91 Å². The van der Waals surface area contributed by atoms with E-state index in [4.69, 9.17) is 0 Å². The third-order valence-corrected chi connectivity index (χ3v) is 5.13. The molecule has 1 saturated carbocycles. The van der Waals surface area contributed by atoms with Gasteiger partial charge >= 0.3 is 6.03 Å². The molecule has 2 aliphatic heterocycles. The predicted octanol–water partition coefficient (Wildman–Crippen LogP) is 1.44. The lowest BCUT2D eigenvalue weighted by Gasteiger charge is -2.37. The summed E-state index contributed by atoms with van der Waals surface area (Å²) in [5.41, 5.74) is 0. The first-order chi connectivity index (χ1) is 9.65. The lowest BCUT2D eigenvalue weighted by Crippen LogP contribution is -2.54. The number of carbonyl (C=O) groups excluding carboxylic acids is 2. The van der Waals surface area contributed by atoms with Gasteiger partial charge in [0, 0.05) is 32.1 Å². The molecule has 2 atom stereocenters. The van der Waals surface area contributed by atoms with E-state index in [1.165, 1.54) is 25.7 Å². The van der Waals surface area contributed by atoms with Gasteiger partial charge in [-0.3, -0.25) is 4.79 Å². The fourth-order valence-corrected chi connectivity index (χ4v) is 3.96. The van der Waals surface area contributed by atoms with Crippen molar-refractivity contribution in [2.75, 3.05) is 26.2 Å². The summed E-state index contributed by atoms with van der Waals surface area (Å²) in [4.78, 5) is 28.0. The number of rotatable bonds is 3. The highest BCUT2D eigenvalue weighted by Gasteiger charge is 2.37. The van der Waals surface area contributed by atoms with Gasteiger partial charge in [0.15, 0.2) is 0 Å². The van der Waals surface area contributed by atoms with Gasteiger partial charge in [-0.2, -0.15) is 0 Å². The van der Waals surface area contributed by atoms with Crippen molar-refractivity contribution in [1.29, 1.82) is 0 Å². The largest absolute Gasteiger partial charge is 0.339 e. The van der Waals surface area contributed by atoms with Crippen LogP contribution < -0.4 is 5.32 Å². The van der Waals surface area contributed by atoms with Crippen molar-refractivity contribution >= 4 is 11.9 Å². The molecule has 0 radical (unpaired) electrons. The first kappa shape index (κ1) is 13.7. The Balaban J connectivity index is 1.53. The number of nitrogens with zero attached hydrogens (tertiary/aromatic N) is 2. The molecule has 3 fully saturated rings. The average molecular weight is 279 g/mol. The van der Waals surface area contributed by atoms with Crippen LogP contribution in [0.2, 0.25) is 0 Å². The Labute approximate surface area is 120 Å². The molecule has 0 aromatic rings. The summed E-state index contributed by atoms with van der Waals surface area (Å²) in [6.07, 6.45) is 6.31. The normalized spacial score (nSPS) is 28.4. The summed E-state index contributed by atoms with van der Waals surface area (Å²) < 4.78 is 0. The first-order valence-corrected chi connectivity index (χ1v) is 7.98. The molecular weight excluding hydrogens is 254 g/mol. The third kappa shape index (κ3) is 2.63. The highest BCUT2D eigenvalue weighted by Crippen LogP contribution is 2.31. The second-order valence-corrected chi connectivity index (χ2v) is 6.60. The molecule has 0 bridgehead atoms. The summed E-state index contributed by atoms with van der Waals surface area (Å²) in [6.45, 7) is 4.83. The van der Waals surface area contributed by atoms with Crippen LogP contribution in [0.3, 0.4) is 0 Å². The number of hydrogen-bond donors (Lipinski definition) is 1. The minimum absolute atomic E-state index is 0.0288. The monoisotopic (exact) mass is 279 g/mol. The first-order valence-electron chi connectivity index (χ1n) is 7.98. The molecule has 0 spiro atoms. The maximum atomic E-state index is 12.6. The molecule has 5 nitrogen and oxygen atoms in total. The number of urea groups is 1. The molecule has 2 heterocycles. The fourth-order valence-electron chi connectivity index (χ4n) is 3.96. The van der Waals surface area contributed by atoms with Crippen LogP contribution in [-0.2, 0) is 4.79 Å². The summed E-state index contributed by atoms with van der Waals surface area (Å²) >= 11 is 0. The van der Waals surface area contributed by atoms with Crippen LogP contribution in [-0.4, -0.2) is 54.0 Å². The number of nitrogens with one attached hydrogen (secondary N) is 1. The topological polar surface area (TPSA) is 52.7 Å². The van der Waals surface area contributed by atoms with Crippen molar-refractivity contribution in [2.45, 2.75) is 45.1 Å². The Morgan fingerprint density at radius 2 is 2.10 bits per heavy atom. The molecule has 2 saturated heterocycles. The average Bonchev–Trinajstić information content (AvgIpc) is 3.08. The highest BCUT2D eigenvalue weighted by molar-refractivity contribution is 5.80. The van der Waals surface area contributed by atoms with Gasteiger partial charge in [0.25, 0.3) is 0 Å².